The maximum absolute atomic E-state index is 12.0. The minimum absolute atomic E-state index is 0.133. The summed E-state index contributed by atoms with van der Waals surface area (Å²) in [7, 11) is 0. The second-order valence-corrected chi connectivity index (χ2v) is 4.75. The molecule has 1 aromatic carbocycles. The van der Waals surface area contributed by atoms with Crippen molar-refractivity contribution >= 4 is 11.6 Å². The van der Waals surface area contributed by atoms with Crippen LogP contribution in [0.25, 0.3) is 0 Å². The topological polar surface area (TPSA) is 42.8 Å². The number of anilines is 1. The number of alkyl halides is 3. The molecule has 1 heterocycles. The summed E-state index contributed by atoms with van der Waals surface area (Å²) >= 11 is 0. The summed E-state index contributed by atoms with van der Waals surface area (Å²) in [6.45, 7) is 2.37. The number of nitrogens with one attached hydrogen (secondary N) is 2. The van der Waals surface area contributed by atoms with Gasteiger partial charge in [-0.1, -0.05) is 0 Å². The highest BCUT2D eigenvalue weighted by Gasteiger charge is 2.31. The second kappa shape index (κ2) is 6.13. The molecule has 0 atom stereocenters. The number of likely N-dealkylation sites (tertiary alicyclic amines) is 1. The van der Waals surface area contributed by atoms with Gasteiger partial charge in [0.2, 0.25) is 0 Å². The third-order valence-electron chi connectivity index (χ3n) is 3.09. The molecule has 2 rings (SSSR count). The van der Waals surface area contributed by atoms with Crippen molar-refractivity contribution < 1.29 is 27.6 Å². The molecule has 0 aliphatic carbocycles. The zero-order valence-corrected chi connectivity index (χ0v) is 10.8. The monoisotopic (exact) mass is 289 g/mol. The molecule has 0 bridgehead atoms. The van der Waals surface area contributed by atoms with Crippen molar-refractivity contribution in [2.24, 2.45) is 0 Å². The van der Waals surface area contributed by atoms with E-state index in [4.69, 9.17) is 0 Å². The van der Waals surface area contributed by atoms with E-state index in [0.29, 0.717) is 12.2 Å². The molecule has 1 fully saturated rings. The first kappa shape index (κ1) is 14.6. The van der Waals surface area contributed by atoms with Gasteiger partial charge >= 0.3 is 6.36 Å². The molecular weight excluding hydrogens is 273 g/mol. The van der Waals surface area contributed by atoms with E-state index in [1.165, 1.54) is 29.2 Å². The number of hydrogen-bond donors (Lipinski definition) is 2. The Kier molecular flexibility index (Phi) is 4.49. The van der Waals surface area contributed by atoms with Crippen LogP contribution in [0.5, 0.6) is 5.75 Å². The van der Waals surface area contributed by atoms with Crippen LogP contribution in [-0.2, 0) is 4.79 Å². The number of carbonyl (C=O) groups is 1. The Morgan fingerprint density at radius 2 is 1.80 bits per heavy atom. The minimum atomic E-state index is -4.70. The van der Waals surface area contributed by atoms with E-state index >= 15 is 0 Å². The lowest BCUT2D eigenvalue weighted by molar-refractivity contribution is -0.878. The van der Waals surface area contributed by atoms with Gasteiger partial charge in [-0.2, -0.15) is 0 Å². The van der Waals surface area contributed by atoms with Gasteiger partial charge < -0.3 is 15.0 Å². The van der Waals surface area contributed by atoms with Crippen LogP contribution in [0.3, 0.4) is 0 Å². The molecular formula is C13H16F3N2O2+. The second-order valence-electron chi connectivity index (χ2n) is 4.75. The molecule has 0 unspecified atom stereocenters. The summed E-state index contributed by atoms with van der Waals surface area (Å²) < 4.78 is 39.7. The first-order valence-corrected chi connectivity index (χ1v) is 6.41. The van der Waals surface area contributed by atoms with Crippen molar-refractivity contribution in [3.05, 3.63) is 24.3 Å². The molecule has 0 radical (unpaired) electrons. The third-order valence-corrected chi connectivity index (χ3v) is 3.09. The van der Waals surface area contributed by atoms with Crippen molar-refractivity contribution in [3.63, 3.8) is 0 Å². The smallest absolute Gasteiger partial charge is 0.406 e. The van der Waals surface area contributed by atoms with Crippen molar-refractivity contribution in [1.82, 2.24) is 0 Å². The van der Waals surface area contributed by atoms with Crippen LogP contribution in [0, 0.1) is 0 Å². The van der Waals surface area contributed by atoms with E-state index in [-0.39, 0.29) is 11.7 Å². The number of benzene rings is 1. The summed E-state index contributed by atoms with van der Waals surface area (Å²) in [5, 5.41) is 2.66. The summed E-state index contributed by atoms with van der Waals surface area (Å²) in [5.41, 5.74) is 0.461. The molecule has 0 spiro atoms. The Bertz CT molecular complexity index is 454. The van der Waals surface area contributed by atoms with Gasteiger partial charge in [0, 0.05) is 18.5 Å². The number of quaternary nitrogens is 1. The predicted molar refractivity (Wildman–Crippen MR) is 66.6 cm³/mol. The Balaban J connectivity index is 1.85. The first-order chi connectivity index (χ1) is 9.42. The molecule has 110 valence electrons. The molecule has 0 aromatic heterocycles. The molecule has 4 nitrogen and oxygen atoms in total. The highest BCUT2D eigenvalue weighted by atomic mass is 19.4. The molecule has 2 N–H and O–H groups in total. The normalized spacial score (nSPS) is 16.1. The average molecular weight is 289 g/mol. The van der Waals surface area contributed by atoms with Gasteiger partial charge in [-0.05, 0) is 24.3 Å². The lowest BCUT2D eigenvalue weighted by atomic mass is 10.3. The molecule has 1 aliphatic heterocycles. The van der Waals surface area contributed by atoms with Crippen LogP contribution in [0.2, 0.25) is 0 Å². The van der Waals surface area contributed by atoms with Gasteiger partial charge in [0.25, 0.3) is 5.91 Å². The van der Waals surface area contributed by atoms with Crippen LogP contribution in [0.4, 0.5) is 18.9 Å². The summed E-state index contributed by atoms with van der Waals surface area (Å²) in [5.74, 6) is -0.438. The summed E-state index contributed by atoms with van der Waals surface area (Å²) in [4.78, 5) is 13.0. The molecule has 1 saturated heterocycles. The Hall–Kier alpha value is -1.76. The number of rotatable bonds is 4. The Labute approximate surface area is 114 Å². The third kappa shape index (κ3) is 4.73. The van der Waals surface area contributed by atoms with Crippen molar-refractivity contribution in [3.8, 4) is 5.75 Å². The fraction of sp³-hybridized carbons (Fsp3) is 0.462. The SMILES string of the molecule is O=C(C[NH+]1CCCC1)Nc1ccc(OC(F)(F)F)cc1. The highest BCUT2D eigenvalue weighted by Crippen LogP contribution is 2.23. The first-order valence-electron chi connectivity index (χ1n) is 6.41. The number of hydrogen-bond acceptors (Lipinski definition) is 2. The molecule has 7 heteroatoms. The van der Waals surface area contributed by atoms with Crippen LogP contribution in [0.15, 0.2) is 24.3 Å². The minimum Gasteiger partial charge on any atom is -0.406 e. The van der Waals surface area contributed by atoms with Crippen molar-refractivity contribution in [1.29, 1.82) is 0 Å². The zero-order chi connectivity index (χ0) is 14.6. The van der Waals surface area contributed by atoms with Crippen LogP contribution >= 0.6 is 0 Å². The molecule has 1 aromatic rings. The van der Waals surface area contributed by atoms with E-state index in [1.807, 2.05) is 0 Å². The summed E-state index contributed by atoms with van der Waals surface area (Å²) in [6.07, 6.45) is -2.44. The van der Waals surface area contributed by atoms with E-state index in [2.05, 4.69) is 10.1 Å². The molecule has 1 aliphatic rings. The van der Waals surface area contributed by atoms with Gasteiger partial charge in [0.05, 0.1) is 13.1 Å². The van der Waals surface area contributed by atoms with Gasteiger partial charge in [-0.3, -0.25) is 4.79 Å². The van der Waals surface area contributed by atoms with E-state index in [1.54, 1.807) is 0 Å². The zero-order valence-electron chi connectivity index (χ0n) is 10.8. The van der Waals surface area contributed by atoms with Crippen LogP contribution in [-0.4, -0.2) is 31.9 Å². The average Bonchev–Trinajstić information content (AvgIpc) is 2.82. The molecule has 20 heavy (non-hydrogen) atoms. The number of amides is 1. The molecule has 0 saturated carbocycles. The van der Waals surface area contributed by atoms with Gasteiger partial charge in [0.15, 0.2) is 6.54 Å². The Morgan fingerprint density at radius 3 is 2.35 bits per heavy atom. The fourth-order valence-electron chi connectivity index (χ4n) is 2.22. The van der Waals surface area contributed by atoms with Gasteiger partial charge in [0.1, 0.15) is 5.75 Å². The largest absolute Gasteiger partial charge is 0.573 e. The number of halogens is 3. The van der Waals surface area contributed by atoms with Crippen molar-refractivity contribution in [2.45, 2.75) is 19.2 Å². The van der Waals surface area contributed by atoms with Gasteiger partial charge in [-0.25, -0.2) is 0 Å². The maximum Gasteiger partial charge on any atom is 0.573 e. The van der Waals surface area contributed by atoms with E-state index in [0.717, 1.165) is 25.9 Å². The standard InChI is InChI=1S/C13H15F3N2O2/c14-13(15,16)20-11-5-3-10(4-6-11)17-12(19)9-18-7-1-2-8-18/h3-6H,1-2,7-9H2,(H,17,19)/p+1. The summed E-state index contributed by atoms with van der Waals surface area (Å²) in [6, 6.07) is 5.12. The maximum atomic E-state index is 12.0. The highest BCUT2D eigenvalue weighted by molar-refractivity contribution is 5.91. The fourth-order valence-corrected chi connectivity index (χ4v) is 2.22. The number of carbonyl (C=O) groups excluding carboxylic acids is 1. The van der Waals surface area contributed by atoms with Crippen molar-refractivity contribution in [2.75, 3.05) is 25.0 Å². The van der Waals surface area contributed by atoms with E-state index in [9.17, 15) is 18.0 Å². The van der Waals surface area contributed by atoms with Crippen LogP contribution < -0.4 is 15.0 Å². The predicted octanol–water partition coefficient (Wildman–Crippen LogP) is 1.20. The lowest BCUT2D eigenvalue weighted by Crippen LogP contribution is -3.11. The Morgan fingerprint density at radius 1 is 1.20 bits per heavy atom. The van der Waals surface area contributed by atoms with Crippen LogP contribution in [0.1, 0.15) is 12.8 Å². The molecule has 1 amide bonds. The lowest BCUT2D eigenvalue weighted by Gasteiger charge is -2.12. The van der Waals surface area contributed by atoms with Gasteiger partial charge in [-0.15, -0.1) is 13.2 Å². The quantitative estimate of drug-likeness (QED) is 0.875. The number of ether oxygens (including phenoxy) is 1. The van der Waals surface area contributed by atoms with E-state index < -0.39 is 6.36 Å².